The molecule has 3 heterocycles. The summed E-state index contributed by atoms with van der Waals surface area (Å²) in [5.74, 6) is -0.634. The number of benzene rings is 1. The standard InChI is InChI=1S/C23H26FN5O5/c1-23(2,3)34-22(32)29-11-5-6-15(29)19-25-17(18(30)21(31)28(19)4)20-27-26-16(33-20)12-13-7-9-14(24)10-8-13/h7-10,15,30H,5-6,11-12H2,1-4H3. The van der Waals surface area contributed by atoms with Gasteiger partial charge in [-0.3, -0.25) is 14.3 Å². The zero-order chi connectivity index (χ0) is 24.6. The summed E-state index contributed by atoms with van der Waals surface area (Å²) in [4.78, 5) is 31.5. The van der Waals surface area contributed by atoms with Gasteiger partial charge in [-0.25, -0.2) is 14.2 Å². The Kier molecular flexibility index (Phi) is 6.11. The number of hydrogen-bond donors (Lipinski definition) is 1. The number of nitrogens with zero attached hydrogens (tertiary/aromatic N) is 5. The van der Waals surface area contributed by atoms with Gasteiger partial charge in [0, 0.05) is 13.6 Å². The van der Waals surface area contributed by atoms with E-state index < -0.39 is 29.0 Å². The third kappa shape index (κ3) is 4.78. The number of aromatic hydroxyl groups is 1. The molecule has 0 spiro atoms. The average molecular weight is 471 g/mol. The second-order valence-corrected chi connectivity index (χ2v) is 9.17. The van der Waals surface area contributed by atoms with Crippen LogP contribution in [-0.4, -0.2) is 48.0 Å². The Hall–Kier alpha value is -3.76. The monoisotopic (exact) mass is 471 g/mol. The van der Waals surface area contributed by atoms with Crippen molar-refractivity contribution in [2.24, 2.45) is 7.05 Å². The number of likely N-dealkylation sites (tertiary alicyclic amines) is 1. The van der Waals surface area contributed by atoms with Gasteiger partial charge in [-0.05, 0) is 51.3 Å². The molecule has 10 nitrogen and oxygen atoms in total. The molecule has 1 fully saturated rings. The number of hydrogen-bond acceptors (Lipinski definition) is 8. The minimum Gasteiger partial charge on any atom is -0.501 e. The van der Waals surface area contributed by atoms with E-state index in [2.05, 4.69) is 15.2 Å². The van der Waals surface area contributed by atoms with Crippen molar-refractivity contribution in [1.82, 2.24) is 24.6 Å². The van der Waals surface area contributed by atoms with Crippen molar-refractivity contribution in [1.29, 1.82) is 0 Å². The molecule has 1 aliphatic rings. The SMILES string of the molecule is Cn1c(C2CCCN2C(=O)OC(C)(C)C)nc(-c2nnc(Cc3ccc(F)cc3)o2)c(O)c1=O. The highest BCUT2D eigenvalue weighted by atomic mass is 19.1. The molecular formula is C23H26FN5O5. The summed E-state index contributed by atoms with van der Waals surface area (Å²) in [6.45, 7) is 5.79. The first-order valence-corrected chi connectivity index (χ1v) is 10.9. The fraction of sp³-hybridized carbons (Fsp3) is 0.435. The molecule has 1 amide bonds. The van der Waals surface area contributed by atoms with Crippen LogP contribution in [0.3, 0.4) is 0 Å². The molecule has 1 N–H and O–H groups in total. The summed E-state index contributed by atoms with van der Waals surface area (Å²) in [6, 6.07) is 5.32. The van der Waals surface area contributed by atoms with Crippen LogP contribution in [0.25, 0.3) is 11.6 Å². The van der Waals surface area contributed by atoms with Crippen LogP contribution < -0.4 is 5.56 Å². The fourth-order valence-electron chi connectivity index (χ4n) is 3.83. The van der Waals surface area contributed by atoms with Gasteiger partial charge >= 0.3 is 6.09 Å². The molecule has 0 aliphatic carbocycles. The maximum absolute atomic E-state index is 13.1. The lowest BCUT2D eigenvalue weighted by Crippen LogP contribution is -2.38. The maximum Gasteiger partial charge on any atom is 0.410 e. The summed E-state index contributed by atoms with van der Waals surface area (Å²) in [5.41, 5.74) is -0.785. The van der Waals surface area contributed by atoms with Gasteiger partial charge in [0.05, 0.1) is 12.5 Å². The van der Waals surface area contributed by atoms with Gasteiger partial charge in [0.2, 0.25) is 11.6 Å². The summed E-state index contributed by atoms with van der Waals surface area (Å²) in [7, 11) is 1.48. The Labute approximate surface area is 195 Å². The number of aromatic nitrogens is 4. The van der Waals surface area contributed by atoms with Crippen molar-refractivity contribution in [3.05, 3.63) is 57.7 Å². The van der Waals surface area contributed by atoms with Crippen LogP contribution in [0, 0.1) is 5.82 Å². The molecular weight excluding hydrogens is 445 g/mol. The van der Waals surface area contributed by atoms with E-state index in [0.717, 1.165) is 5.56 Å². The first-order valence-electron chi connectivity index (χ1n) is 10.9. The Morgan fingerprint density at radius 2 is 1.97 bits per heavy atom. The van der Waals surface area contributed by atoms with E-state index in [-0.39, 0.29) is 35.5 Å². The number of amides is 1. The lowest BCUT2D eigenvalue weighted by atomic mass is 10.1. The summed E-state index contributed by atoms with van der Waals surface area (Å²) in [6.07, 6.45) is 1.01. The molecule has 1 aliphatic heterocycles. The van der Waals surface area contributed by atoms with Crippen LogP contribution in [0.2, 0.25) is 0 Å². The molecule has 1 atom stereocenters. The van der Waals surface area contributed by atoms with Gasteiger partial charge in [0.15, 0.2) is 5.69 Å². The van der Waals surface area contributed by atoms with E-state index in [4.69, 9.17) is 9.15 Å². The number of halogens is 1. The average Bonchev–Trinajstić information content (AvgIpc) is 3.43. The predicted molar refractivity (Wildman–Crippen MR) is 119 cm³/mol. The Morgan fingerprint density at radius 1 is 1.26 bits per heavy atom. The van der Waals surface area contributed by atoms with E-state index in [1.807, 2.05) is 0 Å². The fourth-order valence-corrected chi connectivity index (χ4v) is 3.83. The van der Waals surface area contributed by atoms with E-state index in [9.17, 15) is 19.1 Å². The highest BCUT2D eigenvalue weighted by Gasteiger charge is 2.36. The van der Waals surface area contributed by atoms with Crippen LogP contribution >= 0.6 is 0 Å². The van der Waals surface area contributed by atoms with Crippen molar-refractivity contribution >= 4 is 6.09 Å². The van der Waals surface area contributed by atoms with Crippen LogP contribution in [0.4, 0.5) is 9.18 Å². The first kappa shape index (κ1) is 23.4. The number of carbonyl (C=O) groups excluding carboxylic acids is 1. The molecule has 11 heteroatoms. The van der Waals surface area contributed by atoms with Gasteiger partial charge in [-0.2, -0.15) is 0 Å². The summed E-state index contributed by atoms with van der Waals surface area (Å²) < 4.78 is 25.5. The van der Waals surface area contributed by atoms with Gasteiger partial charge in [-0.15, -0.1) is 10.2 Å². The molecule has 4 rings (SSSR count). The van der Waals surface area contributed by atoms with E-state index >= 15 is 0 Å². The van der Waals surface area contributed by atoms with Gasteiger partial charge in [0.25, 0.3) is 11.4 Å². The minimum atomic E-state index is -0.700. The third-order valence-electron chi connectivity index (χ3n) is 5.42. The van der Waals surface area contributed by atoms with Crippen LogP contribution in [0.5, 0.6) is 5.75 Å². The second kappa shape index (κ2) is 8.88. The van der Waals surface area contributed by atoms with Crippen molar-refractivity contribution in [2.75, 3.05) is 6.54 Å². The number of ether oxygens (including phenoxy) is 1. The van der Waals surface area contributed by atoms with E-state index in [0.29, 0.717) is 19.4 Å². The molecule has 0 radical (unpaired) electrons. The predicted octanol–water partition coefficient (Wildman–Crippen LogP) is 3.34. The highest BCUT2D eigenvalue weighted by molar-refractivity contribution is 5.69. The molecule has 3 aromatic rings. The van der Waals surface area contributed by atoms with Crippen molar-refractivity contribution in [2.45, 2.75) is 51.7 Å². The Bertz CT molecular complexity index is 1260. The zero-order valence-electron chi connectivity index (χ0n) is 19.4. The third-order valence-corrected chi connectivity index (χ3v) is 5.42. The lowest BCUT2D eigenvalue weighted by molar-refractivity contribution is 0.0215. The van der Waals surface area contributed by atoms with Crippen molar-refractivity contribution < 1.29 is 23.4 Å². The molecule has 0 bridgehead atoms. The van der Waals surface area contributed by atoms with Crippen LogP contribution in [0.1, 0.15) is 56.9 Å². The largest absolute Gasteiger partial charge is 0.501 e. The lowest BCUT2D eigenvalue weighted by Gasteiger charge is -2.29. The first-order chi connectivity index (χ1) is 16.0. The number of rotatable bonds is 4. The summed E-state index contributed by atoms with van der Waals surface area (Å²) >= 11 is 0. The molecule has 34 heavy (non-hydrogen) atoms. The number of carbonyl (C=O) groups is 1. The maximum atomic E-state index is 13.1. The quantitative estimate of drug-likeness (QED) is 0.615. The molecule has 1 unspecified atom stereocenters. The Balaban J connectivity index is 1.66. The highest BCUT2D eigenvalue weighted by Crippen LogP contribution is 2.34. The topological polar surface area (TPSA) is 124 Å². The molecule has 180 valence electrons. The van der Waals surface area contributed by atoms with Crippen molar-refractivity contribution in [3.63, 3.8) is 0 Å². The van der Waals surface area contributed by atoms with Gasteiger partial charge < -0.3 is 14.3 Å². The zero-order valence-corrected chi connectivity index (χ0v) is 19.4. The molecule has 0 saturated carbocycles. The minimum absolute atomic E-state index is 0.129. The second-order valence-electron chi connectivity index (χ2n) is 9.17. The van der Waals surface area contributed by atoms with Crippen molar-refractivity contribution in [3.8, 4) is 17.3 Å². The molecule has 2 aromatic heterocycles. The van der Waals surface area contributed by atoms with Gasteiger partial charge in [0.1, 0.15) is 17.2 Å². The van der Waals surface area contributed by atoms with E-state index in [1.165, 1.54) is 28.6 Å². The van der Waals surface area contributed by atoms with Crippen LogP contribution in [0.15, 0.2) is 33.5 Å². The Morgan fingerprint density at radius 3 is 2.65 bits per heavy atom. The molecule has 1 saturated heterocycles. The van der Waals surface area contributed by atoms with Gasteiger partial charge in [-0.1, -0.05) is 12.1 Å². The van der Waals surface area contributed by atoms with Crippen LogP contribution in [-0.2, 0) is 18.2 Å². The summed E-state index contributed by atoms with van der Waals surface area (Å²) in [5, 5.41) is 18.4. The van der Waals surface area contributed by atoms with E-state index in [1.54, 1.807) is 32.9 Å². The smallest absolute Gasteiger partial charge is 0.410 e. The normalized spacial score (nSPS) is 16.1. The molecule has 1 aromatic carbocycles.